The molecule has 2 aromatic carbocycles. The summed E-state index contributed by atoms with van der Waals surface area (Å²) >= 11 is 0. The lowest BCUT2D eigenvalue weighted by atomic mass is 10.1. The van der Waals surface area contributed by atoms with E-state index in [1.54, 1.807) is 24.3 Å². The average molecular weight is 327 g/mol. The van der Waals surface area contributed by atoms with E-state index in [-0.39, 0.29) is 17.0 Å². The quantitative estimate of drug-likeness (QED) is 0.920. The number of fused-ring (bicyclic) bond motifs is 1. The third-order valence-corrected chi connectivity index (χ3v) is 5.58. The Morgan fingerprint density at radius 2 is 2.00 bits per heavy atom. The second-order valence-electron chi connectivity index (χ2n) is 5.17. The van der Waals surface area contributed by atoms with Crippen LogP contribution in [-0.2, 0) is 16.4 Å². The molecular weight excluding hydrogens is 314 g/mol. The lowest BCUT2D eigenvalue weighted by molar-refractivity contribution is 0.1000. The Bertz CT molecular complexity index is 945. The van der Waals surface area contributed by atoms with Gasteiger partial charge in [-0.3, -0.25) is 9.10 Å². The minimum absolute atomic E-state index is 0.0726. The predicted molar refractivity (Wildman–Crippen MR) is 84.4 cm³/mol. The average Bonchev–Trinajstić information content (AvgIpc) is 2.98. The second kappa shape index (κ2) is 5.41. The molecule has 0 unspecified atom stereocenters. The Hall–Kier alpha value is -2.85. The third-order valence-electron chi connectivity index (χ3n) is 3.77. The summed E-state index contributed by atoms with van der Waals surface area (Å²) in [6, 6.07) is 12.6. The fourth-order valence-electron chi connectivity index (χ4n) is 2.63. The van der Waals surface area contributed by atoms with Crippen LogP contribution in [0, 0.1) is 11.3 Å². The number of hydrogen-bond donors (Lipinski definition) is 1. The molecule has 0 bridgehead atoms. The van der Waals surface area contributed by atoms with Gasteiger partial charge in [0.25, 0.3) is 10.0 Å². The number of benzene rings is 2. The molecule has 6 nitrogen and oxygen atoms in total. The number of nitrogens with zero attached hydrogens (tertiary/aromatic N) is 2. The number of rotatable bonds is 3. The fourth-order valence-corrected chi connectivity index (χ4v) is 4.18. The van der Waals surface area contributed by atoms with Crippen molar-refractivity contribution >= 4 is 21.6 Å². The highest BCUT2D eigenvalue weighted by molar-refractivity contribution is 7.92. The van der Waals surface area contributed by atoms with Crippen LogP contribution in [0.15, 0.2) is 47.4 Å². The summed E-state index contributed by atoms with van der Waals surface area (Å²) in [5.74, 6) is -0.546. The van der Waals surface area contributed by atoms with Crippen molar-refractivity contribution in [1.29, 1.82) is 5.26 Å². The third kappa shape index (κ3) is 2.53. The normalized spacial score (nSPS) is 13.4. The number of nitrogens with two attached hydrogens (primary N) is 1. The molecule has 1 amide bonds. The van der Waals surface area contributed by atoms with Crippen molar-refractivity contribution in [2.45, 2.75) is 11.3 Å². The Morgan fingerprint density at radius 3 is 2.70 bits per heavy atom. The van der Waals surface area contributed by atoms with Crippen LogP contribution in [0.5, 0.6) is 0 Å². The molecule has 1 aliphatic rings. The molecule has 1 heterocycles. The number of primary amides is 1. The highest BCUT2D eigenvalue weighted by Crippen LogP contribution is 2.33. The van der Waals surface area contributed by atoms with Gasteiger partial charge in [0.2, 0.25) is 5.91 Å². The number of amides is 1. The second-order valence-corrected chi connectivity index (χ2v) is 7.04. The summed E-state index contributed by atoms with van der Waals surface area (Å²) in [4.78, 5) is 11.3. The summed E-state index contributed by atoms with van der Waals surface area (Å²) in [6.07, 6.45) is 0.508. The largest absolute Gasteiger partial charge is 0.366 e. The van der Waals surface area contributed by atoms with Crippen molar-refractivity contribution in [2.24, 2.45) is 5.73 Å². The van der Waals surface area contributed by atoms with E-state index in [1.807, 2.05) is 6.07 Å². The number of hydrogen-bond acceptors (Lipinski definition) is 4. The summed E-state index contributed by atoms with van der Waals surface area (Å²) in [6.45, 7) is 0.288. The first-order valence-electron chi connectivity index (χ1n) is 6.89. The summed E-state index contributed by atoms with van der Waals surface area (Å²) in [5, 5.41) is 8.93. The van der Waals surface area contributed by atoms with Crippen LogP contribution in [0.4, 0.5) is 5.69 Å². The highest BCUT2D eigenvalue weighted by Gasteiger charge is 2.31. The molecule has 7 heteroatoms. The first kappa shape index (κ1) is 15.1. The topological polar surface area (TPSA) is 104 Å². The van der Waals surface area contributed by atoms with Crippen molar-refractivity contribution < 1.29 is 13.2 Å². The minimum Gasteiger partial charge on any atom is -0.366 e. The predicted octanol–water partition coefficient (Wildman–Crippen LogP) is 1.41. The molecule has 0 atom stereocenters. The van der Waals surface area contributed by atoms with Crippen molar-refractivity contribution in [3.8, 4) is 6.07 Å². The van der Waals surface area contributed by atoms with Crippen LogP contribution in [0.3, 0.4) is 0 Å². The summed E-state index contributed by atoms with van der Waals surface area (Å²) in [5.41, 5.74) is 7.20. The molecule has 0 radical (unpaired) electrons. The number of carbonyl (C=O) groups excluding carboxylic acids is 1. The number of carbonyl (C=O) groups is 1. The van der Waals surface area contributed by atoms with E-state index in [0.717, 1.165) is 5.56 Å². The van der Waals surface area contributed by atoms with Gasteiger partial charge >= 0.3 is 0 Å². The molecule has 116 valence electrons. The first-order valence-corrected chi connectivity index (χ1v) is 8.33. The standard InChI is InChI=1S/C16H13N3O3S/c17-10-11-2-1-3-14(8-11)23(21,22)19-7-6-12-9-13(16(18)20)4-5-15(12)19/h1-5,8-9H,6-7H2,(H2,18,20). The van der Waals surface area contributed by atoms with E-state index >= 15 is 0 Å². The molecule has 0 aliphatic carbocycles. The zero-order valence-electron chi connectivity index (χ0n) is 12.1. The SMILES string of the molecule is N#Cc1cccc(S(=O)(=O)N2CCc3cc(C(N)=O)ccc32)c1. The van der Waals surface area contributed by atoms with Crippen LogP contribution in [0.25, 0.3) is 0 Å². The highest BCUT2D eigenvalue weighted by atomic mass is 32.2. The Kier molecular flexibility index (Phi) is 3.54. The van der Waals surface area contributed by atoms with E-state index in [0.29, 0.717) is 17.7 Å². The van der Waals surface area contributed by atoms with Gasteiger partial charge in [0.15, 0.2) is 0 Å². The lowest BCUT2D eigenvalue weighted by Crippen LogP contribution is -2.29. The van der Waals surface area contributed by atoms with Crippen LogP contribution >= 0.6 is 0 Å². The zero-order chi connectivity index (χ0) is 16.6. The Balaban J connectivity index is 2.04. The summed E-state index contributed by atoms with van der Waals surface area (Å²) < 4.78 is 26.9. The van der Waals surface area contributed by atoms with E-state index < -0.39 is 15.9 Å². The number of anilines is 1. The van der Waals surface area contributed by atoms with Crippen molar-refractivity contribution in [1.82, 2.24) is 0 Å². The van der Waals surface area contributed by atoms with Gasteiger partial charge in [-0.2, -0.15) is 5.26 Å². The number of nitriles is 1. The van der Waals surface area contributed by atoms with E-state index in [4.69, 9.17) is 11.0 Å². The molecule has 0 saturated carbocycles. The van der Waals surface area contributed by atoms with E-state index in [2.05, 4.69) is 0 Å². The van der Waals surface area contributed by atoms with E-state index in [9.17, 15) is 13.2 Å². The molecule has 0 saturated heterocycles. The van der Waals surface area contributed by atoms with Crippen molar-refractivity contribution in [3.05, 3.63) is 59.2 Å². The van der Waals surface area contributed by atoms with Gasteiger partial charge in [-0.05, 0) is 48.4 Å². The molecule has 0 fully saturated rings. The molecular formula is C16H13N3O3S. The van der Waals surface area contributed by atoms with Gasteiger partial charge in [-0.15, -0.1) is 0 Å². The number of sulfonamides is 1. The van der Waals surface area contributed by atoms with Gasteiger partial charge in [0, 0.05) is 12.1 Å². The minimum atomic E-state index is -3.75. The smallest absolute Gasteiger partial charge is 0.264 e. The Morgan fingerprint density at radius 1 is 1.22 bits per heavy atom. The molecule has 3 rings (SSSR count). The molecule has 1 aliphatic heterocycles. The maximum Gasteiger partial charge on any atom is 0.264 e. The molecule has 0 spiro atoms. The molecule has 0 aromatic heterocycles. The van der Waals surface area contributed by atoms with Gasteiger partial charge < -0.3 is 5.73 Å². The monoisotopic (exact) mass is 327 g/mol. The lowest BCUT2D eigenvalue weighted by Gasteiger charge is -2.19. The van der Waals surface area contributed by atoms with Crippen molar-refractivity contribution in [3.63, 3.8) is 0 Å². The van der Waals surface area contributed by atoms with Gasteiger partial charge in [-0.1, -0.05) is 6.07 Å². The molecule has 23 heavy (non-hydrogen) atoms. The zero-order valence-corrected chi connectivity index (χ0v) is 12.9. The van der Waals surface area contributed by atoms with Crippen LogP contribution in [-0.4, -0.2) is 20.9 Å². The molecule has 2 N–H and O–H groups in total. The van der Waals surface area contributed by atoms with Gasteiger partial charge in [0.1, 0.15) is 0 Å². The van der Waals surface area contributed by atoms with Crippen molar-refractivity contribution in [2.75, 3.05) is 10.8 Å². The first-order chi connectivity index (χ1) is 10.9. The maximum absolute atomic E-state index is 12.8. The fraction of sp³-hybridized carbons (Fsp3) is 0.125. The summed E-state index contributed by atoms with van der Waals surface area (Å²) in [7, 11) is -3.75. The van der Waals surface area contributed by atoms with Crippen LogP contribution in [0.2, 0.25) is 0 Å². The Labute approximate surface area is 133 Å². The van der Waals surface area contributed by atoms with Crippen LogP contribution < -0.4 is 10.0 Å². The molecule has 2 aromatic rings. The maximum atomic E-state index is 12.8. The van der Waals surface area contributed by atoms with Gasteiger partial charge in [-0.25, -0.2) is 8.42 Å². The van der Waals surface area contributed by atoms with E-state index in [1.165, 1.54) is 22.5 Å². The van der Waals surface area contributed by atoms with Crippen LogP contribution in [0.1, 0.15) is 21.5 Å². The van der Waals surface area contributed by atoms with Gasteiger partial charge in [0.05, 0.1) is 22.2 Å².